The molecule has 102 valence electrons. The van der Waals surface area contributed by atoms with E-state index in [0.717, 1.165) is 44.1 Å². The van der Waals surface area contributed by atoms with Crippen LogP contribution in [0.25, 0.3) is 0 Å². The first kappa shape index (κ1) is 14.0. The molecular weight excluding hydrogens is 246 g/mol. The van der Waals surface area contributed by atoms with E-state index in [9.17, 15) is 0 Å². The van der Waals surface area contributed by atoms with Crippen LogP contribution in [0.5, 0.6) is 0 Å². The quantitative estimate of drug-likeness (QED) is 0.816. The van der Waals surface area contributed by atoms with Crippen LogP contribution in [0.2, 0.25) is 0 Å². The van der Waals surface area contributed by atoms with Gasteiger partial charge in [-0.25, -0.2) is 4.98 Å². The van der Waals surface area contributed by atoms with E-state index in [4.69, 9.17) is 14.5 Å². The Morgan fingerprint density at radius 1 is 1.44 bits per heavy atom. The molecule has 2 heterocycles. The summed E-state index contributed by atoms with van der Waals surface area (Å²) in [7, 11) is 0. The zero-order valence-electron chi connectivity index (χ0n) is 11.6. The minimum Gasteiger partial charge on any atom is -0.381 e. The highest BCUT2D eigenvalue weighted by molar-refractivity contribution is 7.09. The topological polar surface area (TPSA) is 31.4 Å². The molecule has 1 aliphatic heterocycles. The zero-order chi connectivity index (χ0) is 13.0. The molecule has 0 spiro atoms. The molecule has 1 unspecified atom stereocenters. The van der Waals surface area contributed by atoms with Crippen molar-refractivity contribution in [1.29, 1.82) is 0 Å². The van der Waals surface area contributed by atoms with Gasteiger partial charge in [0.15, 0.2) is 0 Å². The van der Waals surface area contributed by atoms with E-state index in [1.54, 1.807) is 11.3 Å². The fraction of sp³-hybridized carbons (Fsp3) is 0.786. The summed E-state index contributed by atoms with van der Waals surface area (Å²) in [5.74, 6) is 0.536. The first-order valence-corrected chi connectivity index (χ1v) is 7.77. The monoisotopic (exact) mass is 269 g/mol. The maximum atomic E-state index is 6.05. The maximum absolute atomic E-state index is 6.05. The van der Waals surface area contributed by atoms with E-state index in [1.807, 2.05) is 0 Å². The Hall–Kier alpha value is -0.450. The van der Waals surface area contributed by atoms with Crippen LogP contribution < -0.4 is 0 Å². The summed E-state index contributed by atoms with van der Waals surface area (Å²) in [6.07, 6.45) is 2.98. The summed E-state index contributed by atoms with van der Waals surface area (Å²) in [5.41, 5.74) is 1.02. The summed E-state index contributed by atoms with van der Waals surface area (Å²) in [5, 5.41) is 3.34. The van der Waals surface area contributed by atoms with E-state index in [-0.39, 0.29) is 5.60 Å². The molecule has 0 radical (unpaired) electrons. The third-order valence-corrected chi connectivity index (χ3v) is 4.80. The van der Waals surface area contributed by atoms with Crippen LogP contribution in [0.15, 0.2) is 5.38 Å². The lowest BCUT2D eigenvalue weighted by Crippen LogP contribution is -2.36. The Labute approximate surface area is 114 Å². The Balaban J connectivity index is 2.22. The molecule has 0 bridgehead atoms. The van der Waals surface area contributed by atoms with Crippen molar-refractivity contribution in [2.75, 3.05) is 19.8 Å². The van der Waals surface area contributed by atoms with E-state index in [2.05, 4.69) is 26.2 Å². The van der Waals surface area contributed by atoms with Gasteiger partial charge in [0.05, 0.1) is 5.69 Å². The SMILES string of the molecule is CCOC1(c2nc(C(C)CC)cs2)CCOCC1. The van der Waals surface area contributed by atoms with E-state index >= 15 is 0 Å². The van der Waals surface area contributed by atoms with Crippen molar-refractivity contribution in [3.8, 4) is 0 Å². The summed E-state index contributed by atoms with van der Waals surface area (Å²) >= 11 is 1.75. The van der Waals surface area contributed by atoms with E-state index in [1.165, 1.54) is 5.69 Å². The van der Waals surface area contributed by atoms with Crippen molar-refractivity contribution in [3.63, 3.8) is 0 Å². The largest absolute Gasteiger partial charge is 0.381 e. The third kappa shape index (κ3) is 2.76. The smallest absolute Gasteiger partial charge is 0.125 e. The standard InChI is InChI=1S/C14H23NO2S/c1-4-11(3)12-10-18-13(15-12)14(17-5-2)6-8-16-9-7-14/h10-11H,4-9H2,1-3H3. The molecule has 1 atom stereocenters. The molecule has 0 aromatic carbocycles. The molecule has 1 aromatic heterocycles. The zero-order valence-corrected chi connectivity index (χ0v) is 12.4. The molecule has 1 aromatic rings. The van der Waals surface area contributed by atoms with E-state index in [0.29, 0.717) is 5.92 Å². The van der Waals surface area contributed by atoms with Gasteiger partial charge < -0.3 is 9.47 Å². The van der Waals surface area contributed by atoms with Crippen molar-refractivity contribution in [2.45, 2.75) is 51.6 Å². The second kappa shape index (κ2) is 6.13. The highest BCUT2D eigenvalue weighted by Crippen LogP contribution is 2.38. The van der Waals surface area contributed by atoms with Crippen molar-refractivity contribution < 1.29 is 9.47 Å². The second-order valence-corrected chi connectivity index (χ2v) is 5.78. The van der Waals surface area contributed by atoms with Gasteiger partial charge in [-0.1, -0.05) is 13.8 Å². The molecule has 2 rings (SSSR count). The number of nitrogens with zero attached hydrogens (tertiary/aromatic N) is 1. The number of hydrogen-bond donors (Lipinski definition) is 0. The molecule has 1 aliphatic rings. The van der Waals surface area contributed by atoms with Gasteiger partial charge in [0.1, 0.15) is 10.6 Å². The average Bonchev–Trinajstić information content (AvgIpc) is 2.89. The van der Waals surface area contributed by atoms with Gasteiger partial charge in [-0.3, -0.25) is 0 Å². The van der Waals surface area contributed by atoms with Gasteiger partial charge in [-0.15, -0.1) is 11.3 Å². The minimum atomic E-state index is -0.191. The first-order chi connectivity index (χ1) is 8.72. The average molecular weight is 269 g/mol. The van der Waals surface area contributed by atoms with Crippen LogP contribution in [0.1, 0.15) is 56.7 Å². The van der Waals surface area contributed by atoms with Gasteiger partial charge in [-0.05, 0) is 19.3 Å². The second-order valence-electron chi connectivity index (χ2n) is 4.93. The van der Waals surface area contributed by atoms with Crippen molar-refractivity contribution in [2.24, 2.45) is 0 Å². The fourth-order valence-electron chi connectivity index (χ4n) is 2.33. The number of aromatic nitrogens is 1. The highest BCUT2D eigenvalue weighted by Gasteiger charge is 2.38. The van der Waals surface area contributed by atoms with Gasteiger partial charge in [0.2, 0.25) is 0 Å². The van der Waals surface area contributed by atoms with Crippen LogP contribution in [0.3, 0.4) is 0 Å². The third-order valence-electron chi connectivity index (χ3n) is 3.75. The molecule has 0 amide bonds. The number of ether oxygens (including phenoxy) is 2. The van der Waals surface area contributed by atoms with Crippen LogP contribution >= 0.6 is 11.3 Å². The summed E-state index contributed by atoms with van der Waals surface area (Å²) < 4.78 is 11.5. The predicted molar refractivity (Wildman–Crippen MR) is 74.2 cm³/mol. The molecule has 4 heteroatoms. The first-order valence-electron chi connectivity index (χ1n) is 6.89. The molecular formula is C14H23NO2S. The molecule has 0 saturated carbocycles. The van der Waals surface area contributed by atoms with Gasteiger partial charge in [-0.2, -0.15) is 0 Å². The number of thiazole rings is 1. The lowest BCUT2D eigenvalue weighted by molar-refractivity contribution is -0.112. The lowest BCUT2D eigenvalue weighted by Gasteiger charge is -2.35. The molecule has 0 aliphatic carbocycles. The van der Waals surface area contributed by atoms with Gasteiger partial charge in [0, 0.05) is 38.0 Å². The van der Waals surface area contributed by atoms with E-state index < -0.39 is 0 Å². The Kier molecular flexibility index (Phi) is 4.76. The predicted octanol–water partition coefficient (Wildman–Crippen LogP) is 3.70. The number of hydrogen-bond acceptors (Lipinski definition) is 4. The Morgan fingerprint density at radius 2 is 2.17 bits per heavy atom. The molecule has 1 saturated heterocycles. The minimum absolute atomic E-state index is 0.191. The summed E-state index contributed by atoms with van der Waals surface area (Å²) in [6.45, 7) is 8.78. The van der Waals surface area contributed by atoms with Gasteiger partial charge in [0.25, 0.3) is 0 Å². The fourth-order valence-corrected chi connectivity index (χ4v) is 3.48. The van der Waals surface area contributed by atoms with Crippen molar-refractivity contribution in [3.05, 3.63) is 16.1 Å². The highest BCUT2D eigenvalue weighted by atomic mass is 32.1. The van der Waals surface area contributed by atoms with Gasteiger partial charge >= 0.3 is 0 Å². The molecule has 3 nitrogen and oxygen atoms in total. The molecule has 18 heavy (non-hydrogen) atoms. The summed E-state index contributed by atoms with van der Waals surface area (Å²) in [6, 6.07) is 0. The normalized spacial score (nSPS) is 20.8. The lowest BCUT2D eigenvalue weighted by atomic mass is 9.94. The Bertz CT molecular complexity index is 366. The molecule has 0 N–H and O–H groups in total. The maximum Gasteiger partial charge on any atom is 0.125 e. The van der Waals surface area contributed by atoms with Crippen LogP contribution in [0.4, 0.5) is 0 Å². The van der Waals surface area contributed by atoms with Crippen LogP contribution in [-0.2, 0) is 15.1 Å². The Morgan fingerprint density at radius 3 is 2.78 bits per heavy atom. The van der Waals surface area contributed by atoms with Crippen molar-refractivity contribution in [1.82, 2.24) is 4.98 Å². The summed E-state index contributed by atoms with van der Waals surface area (Å²) in [4.78, 5) is 4.83. The van der Waals surface area contributed by atoms with Crippen LogP contribution in [-0.4, -0.2) is 24.8 Å². The van der Waals surface area contributed by atoms with Crippen molar-refractivity contribution >= 4 is 11.3 Å². The van der Waals surface area contributed by atoms with Crippen LogP contribution in [0, 0.1) is 0 Å². The number of rotatable bonds is 5. The molecule has 1 fully saturated rings.